The second kappa shape index (κ2) is 5.40. The van der Waals surface area contributed by atoms with Crippen LogP contribution in [0.5, 0.6) is 5.75 Å². The molecule has 0 amide bonds. The fourth-order valence-corrected chi connectivity index (χ4v) is 2.63. The smallest absolute Gasteiger partial charge is 0.306 e. The topological polar surface area (TPSA) is 60.8 Å². The molecule has 0 spiro atoms. The van der Waals surface area contributed by atoms with Crippen molar-refractivity contribution in [3.63, 3.8) is 0 Å². The normalized spacial score (nSPS) is 24.9. The van der Waals surface area contributed by atoms with Crippen molar-refractivity contribution in [2.75, 3.05) is 13.1 Å². The Morgan fingerprint density at radius 3 is 2.78 bits per heavy atom. The van der Waals surface area contributed by atoms with Gasteiger partial charge in [-0.25, -0.2) is 0 Å². The molecule has 4 heteroatoms. The van der Waals surface area contributed by atoms with Crippen LogP contribution in [-0.4, -0.2) is 34.2 Å². The third-order valence-corrected chi connectivity index (χ3v) is 3.69. The molecule has 1 heterocycles. The molecule has 0 aliphatic carbocycles. The number of hydrogen-bond donors (Lipinski definition) is 2. The summed E-state index contributed by atoms with van der Waals surface area (Å²) in [5, 5.41) is 18.8. The summed E-state index contributed by atoms with van der Waals surface area (Å²) >= 11 is 0. The molecule has 0 radical (unpaired) electrons. The monoisotopic (exact) mass is 249 g/mol. The summed E-state index contributed by atoms with van der Waals surface area (Å²) in [5.41, 5.74) is 0.901. The summed E-state index contributed by atoms with van der Waals surface area (Å²) in [6.07, 6.45) is 0.685. The number of nitrogens with zero attached hydrogens (tertiary/aromatic N) is 1. The second-order valence-corrected chi connectivity index (χ2v) is 5.07. The van der Waals surface area contributed by atoms with Gasteiger partial charge in [-0.2, -0.15) is 0 Å². The summed E-state index contributed by atoms with van der Waals surface area (Å²) in [4.78, 5) is 13.2. The molecule has 1 fully saturated rings. The van der Waals surface area contributed by atoms with Crippen molar-refractivity contribution < 1.29 is 15.0 Å². The fourth-order valence-electron chi connectivity index (χ4n) is 2.63. The number of rotatable bonds is 3. The maximum Gasteiger partial charge on any atom is 0.306 e. The van der Waals surface area contributed by atoms with Crippen LogP contribution in [0.2, 0.25) is 0 Å². The Labute approximate surface area is 107 Å². The highest BCUT2D eigenvalue weighted by atomic mass is 16.4. The largest absolute Gasteiger partial charge is 0.508 e. The quantitative estimate of drug-likeness (QED) is 0.859. The van der Waals surface area contributed by atoms with Gasteiger partial charge < -0.3 is 10.2 Å². The molecule has 2 atom stereocenters. The van der Waals surface area contributed by atoms with Crippen molar-refractivity contribution in [3.05, 3.63) is 29.8 Å². The van der Waals surface area contributed by atoms with Crippen LogP contribution >= 0.6 is 0 Å². The maximum absolute atomic E-state index is 11.0. The van der Waals surface area contributed by atoms with Gasteiger partial charge in [0.15, 0.2) is 0 Å². The average Bonchev–Trinajstić information content (AvgIpc) is 2.32. The summed E-state index contributed by atoms with van der Waals surface area (Å²) in [7, 11) is 0. The van der Waals surface area contributed by atoms with Gasteiger partial charge in [0.1, 0.15) is 5.75 Å². The molecule has 2 N–H and O–H groups in total. The van der Waals surface area contributed by atoms with Crippen molar-refractivity contribution >= 4 is 5.97 Å². The van der Waals surface area contributed by atoms with Gasteiger partial charge in [0.2, 0.25) is 0 Å². The molecule has 2 rings (SSSR count). The lowest BCUT2D eigenvalue weighted by Gasteiger charge is -2.35. The van der Waals surface area contributed by atoms with Crippen LogP contribution in [0.1, 0.15) is 18.9 Å². The number of benzene rings is 1. The van der Waals surface area contributed by atoms with Gasteiger partial charge in [0.25, 0.3) is 0 Å². The minimum Gasteiger partial charge on any atom is -0.508 e. The molecule has 4 nitrogen and oxygen atoms in total. The number of piperidine rings is 1. The Balaban J connectivity index is 1.97. The molecule has 0 bridgehead atoms. The number of likely N-dealkylation sites (tertiary alicyclic amines) is 1. The van der Waals surface area contributed by atoms with E-state index >= 15 is 0 Å². The van der Waals surface area contributed by atoms with Crippen molar-refractivity contribution in [2.24, 2.45) is 11.8 Å². The summed E-state index contributed by atoms with van der Waals surface area (Å²) in [6.45, 7) is 4.21. The molecular formula is C14H19NO3. The predicted molar refractivity (Wildman–Crippen MR) is 68.3 cm³/mol. The Morgan fingerprint density at radius 1 is 1.44 bits per heavy atom. The van der Waals surface area contributed by atoms with Crippen LogP contribution < -0.4 is 0 Å². The lowest BCUT2D eigenvalue weighted by Crippen LogP contribution is -2.41. The van der Waals surface area contributed by atoms with E-state index in [-0.39, 0.29) is 11.8 Å². The van der Waals surface area contributed by atoms with Crippen LogP contribution in [0.15, 0.2) is 24.3 Å². The van der Waals surface area contributed by atoms with Gasteiger partial charge in [-0.3, -0.25) is 9.69 Å². The van der Waals surface area contributed by atoms with Gasteiger partial charge in [0, 0.05) is 18.7 Å². The van der Waals surface area contributed by atoms with Crippen LogP contribution in [-0.2, 0) is 11.3 Å². The SMILES string of the molecule is CC1CN(Cc2ccccc2O)CCC1C(=O)O. The van der Waals surface area contributed by atoms with Crippen LogP contribution in [0.25, 0.3) is 0 Å². The summed E-state index contributed by atoms with van der Waals surface area (Å²) in [6, 6.07) is 7.30. The third kappa shape index (κ3) is 2.82. The molecule has 0 aromatic heterocycles. The predicted octanol–water partition coefficient (Wildman–Crippen LogP) is 1.93. The third-order valence-electron chi connectivity index (χ3n) is 3.69. The van der Waals surface area contributed by atoms with Crippen LogP contribution in [0, 0.1) is 11.8 Å². The van der Waals surface area contributed by atoms with Gasteiger partial charge in [-0.05, 0) is 24.9 Å². The van der Waals surface area contributed by atoms with E-state index < -0.39 is 5.97 Å². The van der Waals surface area contributed by atoms with E-state index in [9.17, 15) is 9.90 Å². The fraction of sp³-hybridized carbons (Fsp3) is 0.500. The molecule has 1 aliphatic rings. The van der Waals surface area contributed by atoms with Gasteiger partial charge in [-0.1, -0.05) is 25.1 Å². The summed E-state index contributed by atoms with van der Waals surface area (Å²) in [5.74, 6) is -0.456. The number of phenolic OH excluding ortho intramolecular Hbond substituents is 1. The molecule has 2 unspecified atom stereocenters. The highest BCUT2D eigenvalue weighted by Crippen LogP contribution is 2.26. The van der Waals surface area contributed by atoms with Crippen molar-refractivity contribution in [2.45, 2.75) is 19.9 Å². The minimum atomic E-state index is -0.690. The zero-order valence-corrected chi connectivity index (χ0v) is 10.5. The van der Waals surface area contributed by atoms with Gasteiger partial charge in [-0.15, -0.1) is 0 Å². The Hall–Kier alpha value is -1.55. The number of hydrogen-bond acceptors (Lipinski definition) is 3. The molecule has 0 saturated carbocycles. The van der Waals surface area contributed by atoms with E-state index in [1.165, 1.54) is 0 Å². The van der Waals surface area contributed by atoms with E-state index in [1.54, 1.807) is 12.1 Å². The van der Waals surface area contributed by atoms with E-state index in [2.05, 4.69) is 4.90 Å². The molecule has 18 heavy (non-hydrogen) atoms. The number of carboxylic acid groups (broad SMARTS) is 1. The number of aromatic hydroxyl groups is 1. The molecule has 1 saturated heterocycles. The number of aliphatic carboxylic acids is 1. The number of phenols is 1. The van der Waals surface area contributed by atoms with E-state index in [0.717, 1.165) is 18.7 Å². The van der Waals surface area contributed by atoms with Crippen LogP contribution in [0.3, 0.4) is 0 Å². The standard InChI is InChI=1S/C14H19NO3/c1-10-8-15(7-6-12(10)14(17)18)9-11-4-2-3-5-13(11)16/h2-5,10,12,16H,6-9H2,1H3,(H,17,18). The van der Waals surface area contributed by atoms with Gasteiger partial charge >= 0.3 is 5.97 Å². The summed E-state index contributed by atoms with van der Waals surface area (Å²) < 4.78 is 0. The molecule has 1 aromatic rings. The average molecular weight is 249 g/mol. The number of carbonyl (C=O) groups is 1. The van der Waals surface area contributed by atoms with Crippen molar-refractivity contribution in [1.82, 2.24) is 4.90 Å². The van der Waals surface area contributed by atoms with E-state index in [0.29, 0.717) is 18.7 Å². The van der Waals surface area contributed by atoms with Crippen molar-refractivity contribution in [1.29, 1.82) is 0 Å². The molecule has 1 aromatic carbocycles. The van der Waals surface area contributed by atoms with Crippen molar-refractivity contribution in [3.8, 4) is 5.75 Å². The number of para-hydroxylation sites is 1. The first-order chi connectivity index (χ1) is 8.58. The van der Waals surface area contributed by atoms with E-state index in [4.69, 9.17) is 5.11 Å². The molecule has 1 aliphatic heterocycles. The first-order valence-electron chi connectivity index (χ1n) is 6.30. The lowest BCUT2D eigenvalue weighted by molar-refractivity contribution is -0.145. The first-order valence-corrected chi connectivity index (χ1v) is 6.30. The molecule has 98 valence electrons. The Bertz CT molecular complexity index is 433. The minimum absolute atomic E-state index is 0.155. The highest BCUT2D eigenvalue weighted by molar-refractivity contribution is 5.70. The maximum atomic E-state index is 11.0. The molecular weight excluding hydrogens is 230 g/mol. The highest BCUT2D eigenvalue weighted by Gasteiger charge is 2.31. The lowest BCUT2D eigenvalue weighted by atomic mass is 9.87. The van der Waals surface area contributed by atoms with Gasteiger partial charge in [0.05, 0.1) is 5.92 Å². The zero-order chi connectivity index (χ0) is 13.1. The number of carboxylic acids is 1. The van der Waals surface area contributed by atoms with E-state index in [1.807, 2.05) is 19.1 Å². The zero-order valence-electron chi connectivity index (χ0n) is 10.5. The second-order valence-electron chi connectivity index (χ2n) is 5.07. The Kier molecular flexibility index (Phi) is 3.87. The first kappa shape index (κ1) is 12.9. The van der Waals surface area contributed by atoms with Crippen LogP contribution in [0.4, 0.5) is 0 Å². The Morgan fingerprint density at radius 2 is 2.17 bits per heavy atom.